The number of benzene rings is 1. The SMILES string of the molecule is CCOC(=O)CCCCCCCCN(C)CCCCSc1ccccc1. The van der Waals surface area contributed by atoms with Crippen molar-refractivity contribution in [3.63, 3.8) is 0 Å². The van der Waals surface area contributed by atoms with E-state index in [0.29, 0.717) is 13.0 Å². The number of unbranched alkanes of at least 4 members (excludes halogenated alkanes) is 6. The van der Waals surface area contributed by atoms with Crippen LogP contribution >= 0.6 is 11.8 Å². The van der Waals surface area contributed by atoms with Crippen molar-refractivity contribution in [1.29, 1.82) is 0 Å². The highest BCUT2D eigenvalue weighted by atomic mass is 32.2. The molecule has 0 bridgehead atoms. The Bertz CT molecular complexity index is 453. The number of carbonyl (C=O) groups is 1. The van der Waals surface area contributed by atoms with Gasteiger partial charge in [-0.25, -0.2) is 0 Å². The van der Waals surface area contributed by atoms with Crippen LogP contribution in [0.4, 0.5) is 0 Å². The van der Waals surface area contributed by atoms with Crippen LogP contribution in [0.15, 0.2) is 35.2 Å². The summed E-state index contributed by atoms with van der Waals surface area (Å²) in [7, 11) is 2.24. The number of ether oxygens (including phenoxy) is 1. The van der Waals surface area contributed by atoms with Crippen molar-refractivity contribution in [2.75, 3.05) is 32.5 Å². The molecule has 0 unspecified atom stereocenters. The minimum atomic E-state index is -0.0451. The number of nitrogens with zero attached hydrogens (tertiary/aromatic N) is 1. The Morgan fingerprint density at radius 2 is 1.54 bits per heavy atom. The molecule has 0 aliphatic heterocycles. The summed E-state index contributed by atoms with van der Waals surface area (Å²) >= 11 is 1.96. The summed E-state index contributed by atoms with van der Waals surface area (Å²) in [5, 5.41) is 0. The van der Waals surface area contributed by atoms with E-state index >= 15 is 0 Å². The molecule has 3 nitrogen and oxygen atoms in total. The lowest BCUT2D eigenvalue weighted by Gasteiger charge is -2.16. The third kappa shape index (κ3) is 13.2. The Kier molecular flexibility index (Phi) is 14.4. The molecule has 0 fully saturated rings. The van der Waals surface area contributed by atoms with Gasteiger partial charge in [0.1, 0.15) is 0 Å². The van der Waals surface area contributed by atoms with Gasteiger partial charge in [-0.3, -0.25) is 4.79 Å². The van der Waals surface area contributed by atoms with Crippen LogP contribution in [-0.2, 0) is 9.53 Å². The van der Waals surface area contributed by atoms with Gasteiger partial charge in [-0.2, -0.15) is 0 Å². The summed E-state index contributed by atoms with van der Waals surface area (Å²) in [6, 6.07) is 10.7. The first-order valence-electron chi connectivity index (χ1n) is 10.2. The highest BCUT2D eigenvalue weighted by Gasteiger charge is 2.01. The molecule has 4 heteroatoms. The van der Waals surface area contributed by atoms with Gasteiger partial charge in [0.05, 0.1) is 6.61 Å². The van der Waals surface area contributed by atoms with Gasteiger partial charge in [0, 0.05) is 11.3 Å². The Labute approximate surface area is 164 Å². The highest BCUT2D eigenvalue weighted by Crippen LogP contribution is 2.18. The number of hydrogen-bond acceptors (Lipinski definition) is 4. The maximum Gasteiger partial charge on any atom is 0.305 e. The lowest BCUT2D eigenvalue weighted by Crippen LogP contribution is -2.21. The van der Waals surface area contributed by atoms with E-state index in [1.165, 1.54) is 62.3 Å². The van der Waals surface area contributed by atoms with Gasteiger partial charge in [0.2, 0.25) is 0 Å². The van der Waals surface area contributed by atoms with Crippen LogP contribution in [-0.4, -0.2) is 43.4 Å². The molecule has 0 aromatic heterocycles. The Morgan fingerprint density at radius 3 is 2.23 bits per heavy atom. The molecule has 0 amide bonds. The summed E-state index contributed by atoms with van der Waals surface area (Å²) in [5.74, 6) is 1.17. The van der Waals surface area contributed by atoms with Crippen molar-refractivity contribution < 1.29 is 9.53 Å². The Hall–Kier alpha value is -1.00. The Morgan fingerprint density at radius 1 is 0.923 bits per heavy atom. The molecule has 0 aliphatic carbocycles. The van der Waals surface area contributed by atoms with Crippen LogP contribution in [0.2, 0.25) is 0 Å². The van der Waals surface area contributed by atoms with Gasteiger partial charge in [-0.05, 0) is 70.6 Å². The third-order valence-corrected chi connectivity index (χ3v) is 5.52. The maximum absolute atomic E-state index is 11.2. The van der Waals surface area contributed by atoms with Gasteiger partial charge in [0.15, 0.2) is 0 Å². The molecule has 0 saturated carbocycles. The molecule has 0 aliphatic rings. The molecule has 0 spiro atoms. The van der Waals surface area contributed by atoms with Crippen LogP contribution in [0.3, 0.4) is 0 Å². The molecule has 0 saturated heterocycles. The molecule has 1 rings (SSSR count). The van der Waals surface area contributed by atoms with E-state index in [4.69, 9.17) is 4.74 Å². The quantitative estimate of drug-likeness (QED) is 0.207. The second kappa shape index (κ2) is 16.2. The van der Waals surface area contributed by atoms with E-state index in [-0.39, 0.29) is 5.97 Å². The average Bonchev–Trinajstić information content (AvgIpc) is 2.64. The van der Waals surface area contributed by atoms with Gasteiger partial charge < -0.3 is 9.64 Å². The first-order chi connectivity index (χ1) is 12.7. The number of hydrogen-bond donors (Lipinski definition) is 0. The van der Waals surface area contributed by atoms with Crippen LogP contribution < -0.4 is 0 Å². The molecule has 1 aromatic rings. The minimum Gasteiger partial charge on any atom is -0.466 e. The Balaban J connectivity index is 1.83. The second-order valence-corrected chi connectivity index (χ2v) is 8.02. The summed E-state index contributed by atoms with van der Waals surface area (Å²) in [5.41, 5.74) is 0. The normalized spacial score (nSPS) is 11.0. The maximum atomic E-state index is 11.2. The number of carbonyl (C=O) groups excluding carboxylic acids is 1. The molecule has 0 heterocycles. The zero-order chi connectivity index (χ0) is 18.9. The molecule has 0 atom stereocenters. The van der Waals surface area contributed by atoms with Gasteiger partial charge in [0.25, 0.3) is 0 Å². The lowest BCUT2D eigenvalue weighted by molar-refractivity contribution is -0.143. The van der Waals surface area contributed by atoms with Crippen LogP contribution in [0.1, 0.15) is 64.7 Å². The van der Waals surface area contributed by atoms with Gasteiger partial charge in [-0.1, -0.05) is 43.9 Å². The van der Waals surface area contributed by atoms with E-state index in [9.17, 15) is 4.79 Å². The standard InChI is InChI=1S/C22H37NO2S/c1-3-25-22(24)17-11-6-4-5-7-12-18-23(2)19-13-14-20-26-21-15-9-8-10-16-21/h8-10,15-16H,3-7,11-14,17-20H2,1-2H3. The van der Waals surface area contributed by atoms with Crippen LogP contribution in [0, 0.1) is 0 Å². The second-order valence-electron chi connectivity index (χ2n) is 6.85. The van der Waals surface area contributed by atoms with Crippen molar-refractivity contribution in [2.45, 2.75) is 69.6 Å². The van der Waals surface area contributed by atoms with Crippen LogP contribution in [0.5, 0.6) is 0 Å². The molecular formula is C22H37NO2S. The average molecular weight is 380 g/mol. The molecular weight excluding hydrogens is 342 g/mol. The lowest BCUT2D eigenvalue weighted by atomic mass is 10.1. The molecule has 0 radical (unpaired) electrons. The highest BCUT2D eigenvalue weighted by molar-refractivity contribution is 7.99. The van der Waals surface area contributed by atoms with Crippen molar-refractivity contribution in [2.24, 2.45) is 0 Å². The fourth-order valence-electron chi connectivity index (χ4n) is 2.89. The summed E-state index contributed by atoms with van der Waals surface area (Å²) in [6.07, 6.45) is 10.4. The predicted molar refractivity (Wildman–Crippen MR) is 113 cm³/mol. The fourth-order valence-corrected chi connectivity index (χ4v) is 3.83. The summed E-state index contributed by atoms with van der Waals surface area (Å²) in [4.78, 5) is 15.1. The van der Waals surface area contributed by atoms with E-state index in [0.717, 1.165) is 12.8 Å². The largest absolute Gasteiger partial charge is 0.466 e. The number of thioether (sulfide) groups is 1. The molecule has 148 valence electrons. The van der Waals surface area contributed by atoms with Gasteiger partial charge >= 0.3 is 5.97 Å². The zero-order valence-corrected chi connectivity index (χ0v) is 17.6. The number of rotatable bonds is 16. The minimum absolute atomic E-state index is 0.0451. The van der Waals surface area contributed by atoms with E-state index in [2.05, 4.69) is 42.3 Å². The van der Waals surface area contributed by atoms with Crippen molar-refractivity contribution >= 4 is 17.7 Å². The fraction of sp³-hybridized carbons (Fsp3) is 0.682. The first-order valence-corrected chi connectivity index (χ1v) is 11.2. The van der Waals surface area contributed by atoms with Crippen molar-refractivity contribution in [3.8, 4) is 0 Å². The topological polar surface area (TPSA) is 29.5 Å². The van der Waals surface area contributed by atoms with E-state index < -0.39 is 0 Å². The monoisotopic (exact) mass is 379 g/mol. The van der Waals surface area contributed by atoms with Crippen molar-refractivity contribution in [1.82, 2.24) is 4.90 Å². The summed E-state index contributed by atoms with van der Waals surface area (Å²) in [6.45, 7) is 4.76. The molecule has 1 aromatic carbocycles. The number of esters is 1. The van der Waals surface area contributed by atoms with Crippen molar-refractivity contribution in [3.05, 3.63) is 30.3 Å². The summed E-state index contributed by atoms with van der Waals surface area (Å²) < 4.78 is 4.94. The van der Waals surface area contributed by atoms with Crippen LogP contribution in [0.25, 0.3) is 0 Å². The third-order valence-electron chi connectivity index (χ3n) is 4.42. The first kappa shape index (κ1) is 23.0. The smallest absolute Gasteiger partial charge is 0.305 e. The van der Waals surface area contributed by atoms with Gasteiger partial charge in [-0.15, -0.1) is 11.8 Å². The van der Waals surface area contributed by atoms with E-state index in [1.54, 1.807) is 0 Å². The molecule has 0 N–H and O–H groups in total. The van der Waals surface area contributed by atoms with E-state index in [1.807, 2.05) is 18.7 Å². The zero-order valence-electron chi connectivity index (χ0n) is 16.8. The molecule has 26 heavy (non-hydrogen) atoms. The predicted octanol–water partition coefficient (Wildman–Crippen LogP) is 5.78.